The van der Waals surface area contributed by atoms with Crippen molar-refractivity contribution in [3.8, 4) is 11.3 Å². The zero-order chi connectivity index (χ0) is 20.8. The molecule has 1 fully saturated rings. The number of amides is 1. The van der Waals surface area contributed by atoms with Crippen molar-refractivity contribution in [2.75, 3.05) is 18.6 Å². The summed E-state index contributed by atoms with van der Waals surface area (Å²) in [6.07, 6.45) is 2.08. The van der Waals surface area contributed by atoms with Crippen LogP contribution in [0.25, 0.3) is 22.3 Å². The first-order valence-corrected chi connectivity index (χ1v) is 11.2. The molecule has 1 aliphatic heterocycles. The van der Waals surface area contributed by atoms with Crippen LogP contribution in [-0.4, -0.2) is 52.9 Å². The molecule has 3 heterocycles. The highest BCUT2D eigenvalue weighted by Gasteiger charge is 2.43. The van der Waals surface area contributed by atoms with Gasteiger partial charge in [0.2, 0.25) is 5.91 Å². The van der Waals surface area contributed by atoms with Crippen LogP contribution in [-0.2, 0) is 21.2 Å². The summed E-state index contributed by atoms with van der Waals surface area (Å²) < 4.78 is 39.1. The van der Waals surface area contributed by atoms with E-state index in [1.807, 2.05) is 25.1 Å². The third-order valence-electron chi connectivity index (χ3n) is 5.76. The topological polar surface area (TPSA) is 72.3 Å². The van der Waals surface area contributed by atoms with Crippen molar-refractivity contribution < 1.29 is 17.6 Å². The number of fused-ring (bicyclic) bond motifs is 1. The molecule has 1 saturated heterocycles. The predicted molar refractivity (Wildman–Crippen MR) is 110 cm³/mol. The minimum atomic E-state index is -3.13. The Labute approximate surface area is 168 Å². The lowest BCUT2D eigenvalue weighted by Crippen LogP contribution is -2.49. The van der Waals surface area contributed by atoms with Gasteiger partial charge in [0, 0.05) is 18.6 Å². The molecule has 0 spiro atoms. The minimum absolute atomic E-state index is 0.0133. The molecule has 1 amide bonds. The fourth-order valence-corrected chi connectivity index (χ4v) is 6.09. The van der Waals surface area contributed by atoms with E-state index in [1.165, 1.54) is 12.1 Å². The van der Waals surface area contributed by atoms with Gasteiger partial charge in [-0.25, -0.2) is 17.8 Å². The number of nitrogens with zero attached hydrogens (tertiary/aromatic N) is 3. The average Bonchev–Trinajstić information content (AvgIpc) is 3.19. The summed E-state index contributed by atoms with van der Waals surface area (Å²) in [7, 11) is -1.48. The third kappa shape index (κ3) is 3.64. The van der Waals surface area contributed by atoms with Crippen molar-refractivity contribution in [1.82, 2.24) is 14.5 Å². The molecule has 0 saturated carbocycles. The number of aromatic nitrogens is 2. The van der Waals surface area contributed by atoms with Crippen molar-refractivity contribution in [2.45, 2.75) is 25.4 Å². The lowest BCUT2D eigenvalue weighted by molar-refractivity contribution is -0.134. The number of carbonyl (C=O) groups excluding carboxylic acids is 1. The molecule has 2 aromatic heterocycles. The molecule has 1 aromatic carbocycles. The van der Waals surface area contributed by atoms with E-state index < -0.39 is 15.4 Å². The van der Waals surface area contributed by atoms with Crippen LogP contribution >= 0.6 is 0 Å². The van der Waals surface area contributed by atoms with Crippen LogP contribution in [0.1, 0.15) is 13.3 Å². The summed E-state index contributed by atoms with van der Waals surface area (Å²) in [5.74, 6) is -0.468. The Bertz CT molecular complexity index is 1190. The van der Waals surface area contributed by atoms with Crippen LogP contribution in [0.4, 0.5) is 4.39 Å². The predicted octanol–water partition coefficient (Wildman–Crippen LogP) is 2.88. The van der Waals surface area contributed by atoms with Gasteiger partial charge in [0.1, 0.15) is 18.0 Å². The third-order valence-corrected chi connectivity index (χ3v) is 7.64. The summed E-state index contributed by atoms with van der Waals surface area (Å²) in [5, 5.41) is 0.872. The minimum Gasteiger partial charge on any atom is -0.338 e. The number of hydrogen-bond donors (Lipinski definition) is 0. The SMILES string of the molecule is CN(C(=O)Cn1c(-c2ccc(F)cc2)cc2cccnc21)C1(C)CCS(=O)(=O)C1. The molecule has 29 heavy (non-hydrogen) atoms. The van der Waals surface area contributed by atoms with E-state index in [0.29, 0.717) is 12.1 Å². The first-order chi connectivity index (χ1) is 13.7. The standard InChI is InChI=1S/C21H22FN3O3S/c1-21(9-11-29(27,28)14-21)24(2)19(26)13-25-18(15-5-7-17(22)8-6-15)12-16-4-3-10-23-20(16)25/h3-8,10,12H,9,11,13-14H2,1-2H3. The summed E-state index contributed by atoms with van der Waals surface area (Å²) in [6.45, 7) is 1.82. The molecule has 6 nitrogen and oxygen atoms in total. The van der Waals surface area contributed by atoms with Gasteiger partial charge >= 0.3 is 0 Å². The van der Waals surface area contributed by atoms with Gasteiger partial charge in [-0.15, -0.1) is 0 Å². The Balaban J connectivity index is 1.71. The van der Waals surface area contributed by atoms with Gasteiger partial charge in [0.15, 0.2) is 9.84 Å². The second-order valence-electron chi connectivity index (χ2n) is 7.83. The van der Waals surface area contributed by atoms with Gasteiger partial charge in [-0.3, -0.25) is 4.79 Å². The summed E-state index contributed by atoms with van der Waals surface area (Å²) >= 11 is 0. The Hall–Kier alpha value is -2.74. The number of rotatable bonds is 4. The quantitative estimate of drug-likeness (QED) is 0.657. The summed E-state index contributed by atoms with van der Waals surface area (Å²) in [4.78, 5) is 19.1. The van der Waals surface area contributed by atoms with Crippen molar-refractivity contribution in [1.29, 1.82) is 0 Å². The Morgan fingerprint density at radius 1 is 1.28 bits per heavy atom. The summed E-state index contributed by atoms with van der Waals surface area (Å²) in [6, 6.07) is 11.7. The van der Waals surface area contributed by atoms with E-state index in [0.717, 1.165) is 16.6 Å². The lowest BCUT2D eigenvalue weighted by Gasteiger charge is -2.34. The van der Waals surface area contributed by atoms with Crippen LogP contribution in [0, 0.1) is 5.82 Å². The maximum absolute atomic E-state index is 13.4. The van der Waals surface area contributed by atoms with E-state index in [4.69, 9.17) is 0 Å². The van der Waals surface area contributed by atoms with E-state index in [1.54, 1.807) is 34.8 Å². The Kier molecular flexibility index (Phi) is 4.69. The van der Waals surface area contributed by atoms with E-state index in [9.17, 15) is 17.6 Å². The lowest BCUT2D eigenvalue weighted by atomic mass is 10.00. The van der Waals surface area contributed by atoms with Crippen LogP contribution in [0.15, 0.2) is 48.7 Å². The van der Waals surface area contributed by atoms with Crippen molar-refractivity contribution in [2.24, 2.45) is 0 Å². The van der Waals surface area contributed by atoms with E-state index >= 15 is 0 Å². The zero-order valence-corrected chi connectivity index (χ0v) is 17.1. The fourth-order valence-electron chi connectivity index (χ4n) is 3.91. The monoisotopic (exact) mass is 415 g/mol. The van der Waals surface area contributed by atoms with Gasteiger partial charge < -0.3 is 9.47 Å². The highest BCUT2D eigenvalue weighted by Crippen LogP contribution is 2.31. The molecule has 0 N–H and O–H groups in total. The second kappa shape index (κ2) is 6.95. The van der Waals surface area contributed by atoms with Gasteiger partial charge in [-0.1, -0.05) is 0 Å². The van der Waals surface area contributed by atoms with Crippen LogP contribution < -0.4 is 0 Å². The molecule has 8 heteroatoms. The smallest absolute Gasteiger partial charge is 0.242 e. The number of sulfone groups is 1. The fraction of sp³-hybridized carbons (Fsp3) is 0.333. The molecule has 1 unspecified atom stereocenters. The van der Waals surface area contributed by atoms with Crippen LogP contribution in [0.2, 0.25) is 0 Å². The molecule has 3 aromatic rings. The van der Waals surface area contributed by atoms with Crippen LogP contribution in [0.5, 0.6) is 0 Å². The maximum Gasteiger partial charge on any atom is 0.242 e. The van der Waals surface area contributed by atoms with Gasteiger partial charge in [0.05, 0.1) is 22.7 Å². The van der Waals surface area contributed by atoms with Crippen LogP contribution in [0.3, 0.4) is 0 Å². The first kappa shape index (κ1) is 19.6. The summed E-state index contributed by atoms with van der Waals surface area (Å²) in [5.41, 5.74) is 1.46. The average molecular weight is 415 g/mol. The number of halogens is 1. The molecule has 1 aliphatic rings. The molecule has 0 aliphatic carbocycles. The molecule has 0 bridgehead atoms. The Morgan fingerprint density at radius 2 is 2.00 bits per heavy atom. The first-order valence-electron chi connectivity index (χ1n) is 9.36. The highest BCUT2D eigenvalue weighted by molar-refractivity contribution is 7.91. The molecule has 0 radical (unpaired) electrons. The number of likely N-dealkylation sites (N-methyl/N-ethyl adjacent to an activating group) is 1. The Morgan fingerprint density at radius 3 is 2.66 bits per heavy atom. The van der Waals surface area contributed by atoms with Gasteiger partial charge in [0.25, 0.3) is 0 Å². The van der Waals surface area contributed by atoms with E-state index in [-0.39, 0.29) is 29.8 Å². The van der Waals surface area contributed by atoms with E-state index in [2.05, 4.69) is 4.98 Å². The normalized spacial score (nSPS) is 20.8. The maximum atomic E-state index is 13.4. The number of hydrogen-bond acceptors (Lipinski definition) is 4. The van der Waals surface area contributed by atoms with Gasteiger partial charge in [-0.05, 0) is 61.4 Å². The number of pyridine rings is 1. The van der Waals surface area contributed by atoms with Crippen molar-refractivity contribution in [3.05, 3.63) is 54.5 Å². The molecular formula is C21H22FN3O3S. The molecule has 1 atom stereocenters. The number of carbonyl (C=O) groups is 1. The van der Waals surface area contributed by atoms with Gasteiger partial charge in [-0.2, -0.15) is 0 Å². The molecule has 152 valence electrons. The second-order valence-corrected chi connectivity index (χ2v) is 10.0. The van der Waals surface area contributed by atoms with Crippen molar-refractivity contribution >= 4 is 26.8 Å². The molecular weight excluding hydrogens is 393 g/mol. The largest absolute Gasteiger partial charge is 0.338 e. The molecule has 4 rings (SSSR count). The zero-order valence-electron chi connectivity index (χ0n) is 16.3. The highest BCUT2D eigenvalue weighted by atomic mass is 32.2. The number of benzene rings is 1. The van der Waals surface area contributed by atoms with Crippen molar-refractivity contribution in [3.63, 3.8) is 0 Å².